The maximum Gasteiger partial charge on any atom is 0.253 e. The van der Waals surface area contributed by atoms with Gasteiger partial charge in [-0.3, -0.25) is 9.59 Å². The summed E-state index contributed by atoms with van der Waals surface area (Å²) >= 11 is 0. The van der Waals surface area contributed by atoms with E-state index in [9.17, 15) is 9.59 Å². The van der Waals surface area contributed by atoms with Gasteiger partial charge in [-0.2, -0.15) is 0 Å². The van der Waals surface area contributed by atoms with Crippen molar-refractivity contribution < 1.29 is 9.59 Å². The van der Waals surface area contributed by atoms with Crippen LogP contribution >= 0.6 is 12.4 Å². The predicted molar refractivity (Wildman–Crippen MR) is 89.6 cm³/mol. The number of carbonyl (C=O) groups excluding carboxylic acids is 2. The Bertz CT molecular complexity index is 497. The smallest absolute Gasteiger partial charge is 0.253 e. The highest BCUT2D eigenvalue weighted by Gasteiger charge is 2.15. The number of hydrogen-bond acceptors (Lipinski definition) is 3. The molecule has 2 rings (SSSR count). The van der Waals surface area contributed by atoms with Crippen LogP contribution < -0.4 is 10.6 Å². The molecular formula is C16H24ClN3O2. The molecule has 0 aromatic heterocycles. The molecule has 1 heterocycles. The molecule has 2 amide bonds. The second-order valence-electron chi connectivity index (χ2n) is 5.70. The van der Waals surface area contributed by atoms with E-state index in [0.717, 1.165) is 19.5 Å². The van der Waals surface area contributed by atoms with Crippen LogP contribution in [0.3, 0.4) is 0 Å². The third-order valence-corrected chi connectivity index (χ3v) is 3.75. The van der Waals surface area contributed by atoms with Gasteiger partial charge in [0.05, 0.1) is 0 Å². The zero-order chi connectivity index (χ0) is 15.2. The first-order valence-corrected chi connectivity index (χ1v) is 7.38. The molecule has 1 unspecified atom stereocenters. The van der Waals surface area contributed by atoms with Gasteiger partial charge in [-0.15, -0.1) is 12.4 Å². The first-order valence-electron chi connectivity index (χ1n) is 7.38. The highest BCUT2D eigenvalue weighted by molar-refractivity contribution is 5.97. The molecule has 0 aliphatic carbocycles. The molecule has 1 fully saturated rings. The lowest BCUT2D eigenvalue weighted by Crippen LogP contribution is -2.38. The van der Waals surface area contributed by atoms with Gasteiger partial charge < -0.3 is 15.5 Å². The zero-order valence-corrected chi connectivity index (χ0v) is 13.9. The molecule has 5 nitrogen and oxygen atoms in total. The van der Waals surface area contributed by atoms with Gasteiger partial charge in [0, 0.05) is 31.8 Å². The van der Waals surface area contributed by atoms with E-state index in [1.165, 1.54) is 11.3 Å². The number of nitrogens with zero attached hydrogens (tertiary/aromatic N) is 1. The number of rotatable bonds is 4. The van der Waals surface area contributed by atoms with E-state index in [1.807, 2.05) is 0 Å². The Morgan fingerprint density at radius 2 is 1.86 bits per heavy atom. The first kappa shape index (κ1) is 18.5. The van der Waals surface area contributed by atoms with Crippen molar-refractivity contribution >= 4 is 24.2 Å². The summed E-state index contributed by atoms with van der Waals surface area (Å²) in [5, 5.41) is 6.30. The van der Waals surface area contributed by atoms with Crippen LogP contribution in [0.5, 0.6) is 0 Å². The van der Waals surface area contributed by atoms with E-state index in [-0.39, 0.29) is 24.2 Å². The van der Waals surface area contributed by atoms with Crippen molar-refractivity contribution in [3.8, 4) is 0 Å². The summed E-state index contributed by atoms with van der Waals surface area (Å²) in [6, 6.07) is 6.79. The molecule has 2 N–H and O–H groups in total. The lowest BCUT2D eigenvalue weighted by atomic mass is 9.99. The highest BCUT2D eigenvalue weighted by atomic mass is 35.5. The Labute approximate surface area is 137 Å². The second-order valence-corrected chi connectivity index (χ2v) is 5.70. The van der Waals surface area contributed by atoms with Crippen LogP contribution in [0.1, 0.15) is 33.6 Å². The molecule has 0 bridgehead atoms. The van der Waals surface area contributed by atoms with Crippen LogP contribution in [-0.2, 0) is 0 Å². The average molecular weight is 326 g/mol. The minimum absolute atomic E-state index is 0. The maximum absolute atomic E-state index is 12.1. The standard InChI is InChI=1S/C16H23N3O2.ClH/c1-19(2)16(21)14-7-5-13(6-8-14)15(20)18-11-12-4-3-9-17-10-12;/h5-8,12,17H,3-4,9-11H2,1-2H3,(H,18,20);1H. The molecular weight excluding hydrogens is 302 g/mol. The van der Waals surface area contributed by atoms with E-state index < -0.39 is 0 Å². The molecule has 122 valence electrons. The molecule has 0 spiro atoms. The molecule has 1 saturated heterocycles. The van der Waals surface area contributed by atoms with E-state index in [1.54, 1.807) is 38.4 Å². The molecule has 1 aromatic rings. The van der Waals surface area contributed by atoms with Gasteiger partial charge >= 0.3 is 0 Å². The summed E-state index contributed by atoms with van der Waals surface area (Å²) in [4.78, 5) is 25.4. The first-order chi connectivity index (χ1) is 10.1. The summed E-state index contributed by atoms with van der Waals surface area (Å²) in [7, 11) is 3.42. The third-order valence-electron chi connectivity index (χ3n) is 3.75. The number of amides is 2. The van der Waals surface area contributed by atoms with Crippen molar-refractivity contribution in [3.63, 3.8) is 0 Å². The second kappa shape index (κ2) is 8.76. The third kappa shape index (κ3) is 5.00. The Balaban J connectivity index is 0.00000242. The molecule has 6 heteroatoms. The normalized spacial score (nSPS) is 17.3. The van der Waals surface area contributed by atoms with Crippen molar-refractivity contribution in [2.45, 2.75) is 12.8 Å². The summed E-state index contributed by atoms with van der Waals surface area (Å²) in [6.45, 7) is 2.74. The summed E-state index contributed by atoms with van der Waals surface area (Å²) in [5.74, 6) is 0.372. The fourth-order valence-corrected chi connectivity index (χ4v) is 2.46. The van der Waals surface area contributed by atoms with E-state index in [0.29, 0.717) is 23.6 Å². The zero-order valence-electron chi connectivity index (χ0n) is 13.1. The predicted octanol–water partition coefficient (Wildman–Crippen LogP) is 1.54. The fraction of sp³-hybridized carbons (Fsp3) is 0.500. The van der Waals surface area contributed by atoms with Crippen molar-refractivity contribution in [2.75, 3.05) is 33.7 Å². The van der Waals surface area contributed by atoms with Gasteiger partial charge in [0.1, 0.15) is 0 Å². The van der Waals surface area contributed by atoms with Gasteiger partial charge in [0.15, 0.2) is 0 Å². The molecule has 1 aliphatic rings. The number of benzene rings is 1. The monoisotopic (exact) mass is 325 g/mol. The van der Waals surface area contributed by atoms with Crippen LogP contribution in [0.15, 0.2) is 24.3 Å². The van der Waals surface area contributed by atoms with Gasteiger partial charge in [0.2, 0.25) is 0 Å². The number of halogens is 1. The number of piperidine rings is 1. The van der Waals surface area contributed by atoms with Crippen LogP contribution in [-0.4, -0.2) is 50.4 Å². The van der Waals surface area contributed by atoms with Crippen LogP contribution in [0.2, 0.25) is 0 Å². The Kier molecular flexibility index (Phi) is 7.35. The van der Waals surface area contributed by atoms with Gasteiger partial charge in [-0.05, 0) is 56.1 Å². The number of carbonyl (C=O) groups is 2. The van der Waals surface area contributed by atoms with E-state index in [4.69, 9.17) is 0 Å². The van der Waals surface area contributed by atoms with Crippen LogP contribution in [0, 0.1) is 5.92 Å². The van der Waals surface area contributed by atoms with Crippen molar-refractivity contribution in [3.05, 3.63) is 35.4 Å². The van der Waals surface area contributed by atoms with E-state index in [2.05, 4.69) is 10.6 Å². The van der Waals surface area contributed by atoms with Gasteiger partial charge in [-0.25, -0.2) is 0 Å². The average Bonchev–Trinajstić information content (AvgIpc) is 2.53. The van der Waals surface area contributed by atoms with Gasteiger partial charge in [0.25, 0.3) is 11.8 Å². The summed E-state index contributed by atoms with van der Waals surface area (Å²) in [6.07, 6.45) is 2.32. The highest BCUT2D eigenvalue weighted by Crippen LogP contribution is 2.10. The largest absolute Gasteiger partial charge is 0.352 e. The molecule has 22 heavy (non-hydrogen) atoms. The van der Waals surface area contributed by atoms with Crippen molar-refractivity contribution in [1.82, 2.24) is 15.5 Å². The quantitative estimate of drug-likeness (QED) is 0.882. The molecule has 1 aromatic carbocycles. The summed E-state index contributed by atoms with van der Waals surface area (Å²) < 4.78 is 0. The fourth-order valence-electron chi connectivity index (χ4n) is 2.46. The minimum Gasteiger partial charge on any atom is -0.352 e. The van der Waals surface area contributed by atoms with Crippen LogP contribution in [0.25, 0.3) is 0 Å². The Morgan fingerprint density at radius 3 is 2.41 bits per heavy atom. The number of hydrogen-bond donors (Lipinski definition) is 2. The SMILES string of the molecule is CN(C)C(=O)c1ccc(C(=O)NCC2CCCNC2)cc1.Cl. The van der Waals surface area contributed by atoms with Crippen molar-refractivity contribution in [2.24, 2.45) is 5.92 Å². The lowest BCUT2D eigenvalue weighted by Gasteiger charge is -2.22. The molecule has 0 saturated carbocycles. The minimum atomic E-state index is -0.0792. The molecule has 0 radical (unpaired) electrons. The van der Waals surface area contributed by atoms with Crippen LogP contribution in [0.4, 0.5) is 0 Å². The Morgan fingerprint density at radius 1 is 1.23 bits per heavy atom. The number of nitrogens with one attached hydrogen (secondary N) is 2. The molecule has 1 aliphatic heterocycles. The van der Waals surface area contributed by atoms with E-state index >= 15 is 0 Å². The maximum atomic E-state index is 12.1. The van der Waals surface area contributed by atoms with Gasteiger partial charge in [-0.1, -0.05) is 0 Å². The summed E-state index contributed by atoms with van der Waals surface area (Å²) in [5.41, 5.74) is 1.18. The Hall–Kier alpha value is -1.59. The molecule has 1 atom stereocenters. The van der Waals surface area contributed by atoms with Crippen molar-refractivity contribution in [1.29, 1.82) is 0 Å². The lowest BCUT2D eigenvalue weighted by molar-refractivity contribution is 0.0826. The topological polar surface area (TPSA) is 61.4 Å².